The summed E-state index contributed by atoms with van der Waals surface area (Å²) >= 11 is 12.4. The smallest absolute Gasteiger partial charge is 0.257 e. The van der Waals surface area contributed by atoms with Gasteiger partial charge in [0, 0.05) is 30.8 Å². The molecule has 0 amide bonds. The van der Waals surface area contributed by atoms with Gasteiger partial charge in [-0.05, 0) is 29.3 Å². The van der Waals surface area contributed by atoms with Crippen molar-refractivity contribution in [3.63, 3.8) is 0 Å². The van der Waals surface area contributed by atoms with Gasteiger partial charge in [0.25, 0.3) is 5.88 Å². The second-order valence-corrected chi connectivity index (χ2v) is 7.62. The van der Waals surface area contributed by atoms with E-state index in [4.69, 9.17) is 32.7 Å². The number of allylic oxidation sites excluding steroid dienone is 1. The number of hydrogen-bond donors (Lipinski definition) is 0. The van der Waals surface area contributed by atoms with Crippen LogP contribution in [0.25, 0.3) is 11.6 Å². The van der Waals surface area contributed by atoms with E-state index in [2.05, 4.69) is 28.2 Å². The molecular weight excluding hydrogens is 421 g/mol. The molecule has 1 aromatic carbocycles. The van der Waals surface area contributed by atoms with E-state index in [9.17, 15) is 5.26 Å². The van der Waals surface area contributed by atoms with Crippen LogP contribution in [0.4, 0.5) is 0 Å². The minimum Gasteiger partial charge on any atom is -0.491 e. The topological polar surface area (TPSA) is 68.0 Å². The maximum absolute atomic E-state index is 9.71. The van der Waals surface area contributed by atoms with Crippen molar-refractivity contribution in [2.45, 2.75) is 18.9 Å². The van der Waals surface area contributed by atoms with E-state index in [0.29, 0.717) is 38.5 Å². The number of hydrogen-bond acceptors (Lipinski definition) is 5. The number of halogens is 2. The van der Waals surface area contributed by atoms with Crippen LogP contribution in [0, 0.1) is 11.3 Å². The summed E-state index contributed by atoms with van der Waals surface area (Å²) in [5, 5.41) is 10.4. The highest BCUT2D eigenvalue weighted by molar-refractivity contribution is 6.37. The summed E-state index contributed by atoms with van der Waals surface area (Å²) in [5.41, 5.74) is 3.80. The van der Waals surface area contributed by atoms with Gasteiger partial charge < -0.3 is 9.47 Å². The molecule has 7 heteroatoms. The number of nitriles is 1. The average molecular weight is 438 g/mol. The number of aromatic nitrogens is 2. The summed E-state index contributed by atoms with van der Waals surface area (Å²) in [7, 11) is 1.56. The average Bonchev–Trinajstić information content (AvgIpc) is 3.16. The molecule has 0 bridgehead atoms. The number of benzene rings is 1. The van der Waals surface area contributed by atoms with Crippen LogP contribution in [0.15, 0.2) is 48.8 Å². The van der Waals surface area contributed by atoms with E-state index < -0.39 is 0 Å². The summed E-state index contributed by atoms with van der Waals surface area (Å²) in [6.07, 6.45) is 6.10. The van der Waals surface area contributed by atoms with Crippen molar-refractivity contribution < 1.29 is 9.47 Å². The Kier molecular flexibility index (Phi) is 5.89. The van der Waals surface area contributed by atoms with E-state index in [1.165, 1.54) is 23.5 Å². The van der Waals surface area contributed by atoms with Crippen molar-refractivity contribution in [2.24, 2.45) is 0 Å². The molecule has 0 N–H and O–H groups in total. The molecule has 5 nitrogen and oxygen atoms in total. The zero-order valence-electron chi connectivity index (χ0n) is 16.1. The lowest BCUT2D eigenvalue weighted by Gasteiger charge is -2.15. The van der Waals surface area contributed by atoms with E-state index >= 15 is 0 Å². The predicted octanol–water partition coefficient (Wildman–Crippen LogP) is 5.40. The third-order valence-electron chi connectivity index (χ3n) is 4.91. The van der Waals surface area contributed by atoms with Gasteiger partial charge in [-0.2, -0.15) is 5.26 Å². The van der Waals surface area contributed by atoms with Gasteiger partial charge in [0.2, 0.25) is 0 Å². The van der Waals surface area contributed by atoms with Gasteiger partial charge in [0.1, 0.15) is 12.2 Å². The molecule has 30 heavy (non-hydrogen) atoms. The molecule has 3 aromatic rings. The van der Waals surface area contributed by atoms with Gasteiger partial charge in [0.15, 0.2) is 5.75 Å². The second-order valence-electron chi connectivity index (χ2n) is 6.81. The van der Waals surface area contributed by atoms with Crippen LogP contribution in [0.1, 0.15) is 22.4 Å². The molecule has 0 saturated carbocycles. The van der Waals surface area contributed by atoms with Crippen LogP contribution in [0.3, 0.4) is 0 Å². The van der Waals surface area contributed by atoms with E-state index in [1.54, 1.807) is 25.3 Å². The van der Waals surface area contributed by atoms with Gasteiger partial charge in [-0.15, -0.1) is 0 Å². The number of methoxy groups -OCH3 is 1. The van der Waals surface area contributed by atoms with Crippen LogP contribution >= 0.6 is 23.2 Å². The molecule has 1 aliphatic carbocycles. The summed E-state index contributed by atoms with van der Waals surface area (Å²) in [6.45, 7) is 0. The van der Waals surface area contributed by atoms with E-state index in [1.807, 2.05) is 12.1 Å². The van der Waals surface area contributed by atoms with Crippen LogP contribution in [0.2, 0.25) is 10.0 Å². The third-order valence-corrected chi connectivity index (χ3v) is 5.51. The van der Waals surface area contributed by atoms with Crippen molar-refractivity contribution >= 4 is 34.9 Å². The molecule has 150 valence electrons. The second kappa shape index (κ2) is 8.74. The molecule has 0 atom stereocenters. The lowest BCUT2D eigenvalue weighted by Crippen LogP contribution is -2.17. The van der Waals surface area contributed by atoms with Crippen LogP contribution in [-0.4, -0.2) is 23.2 Å². The molecule has 0 saturated heterocycles. The Balaban J connectivity index is 1.65. The standard InChI is InChI=1S/C23H17Cl2N3O2/c1-29-22-7-6-21(16(11-26)10-18-19(24)12-27-13-20(18)25)28-23(22)30-17-8-14-4-2-3-5-15(14)9-17/h2-7,10,12-13,17H,8-9H2,1H3. The Bertz CT molecular complexity index is 1130. The molecular formula is C23H17Cl2N3O2. The minimum absolute atomic E-state index is 0.0438. The van der Waals surface area contributed by atoms with Gasteiger partial charge in [-0.1, -0.05) is 47.5 Å². The number of rotatable bonds is 5. The first-order valence-corrected chi connectivity index (χ1v) is 10.0. The van der Waals surface area contributed by atoms with Crippen LogP contribution in [0.5, 0.6) is 11.6 Å². The van der Waals surface area contributed by atoms with Crippen molar-refractivity contribution in [1.82, 2.24) is 9.97 Å². The molecule has 2 aromatic heterocycles. The van der Waals surface area contributed by atoms with Gasteiger partial charge in [0.05, 0.1) is 28.4 Å². The first-order valence-electron chi connectivity index (χ1n) is 9.28. The summed E-state index contributed by atoms with van der Waals surface area (Å²) in [4.78, 5) is 8.49. The highest BCUT2D eigenvalue weighted by atomic mass is 35.5. The molecule has 0 unspecified atom stereocenters. The lowest BCUT2D eigenvalue weighted by atomic mass is 10.1. The molecule has 0 fully saturated rings. The molecule has 0 radical (unpaired) electrons. The van der Waals surface area contributed by atoms with Gasteiger partial charge >= 0.3 is 0 Å². The number of ether oxygens (including phenoxy) is 2. The fourth-order valence-corrected chi connectivity index (χ4v) is 3.92. The number of nitrogens with zero attached hydrogens (tertiary/aromatic N) is 3. The van der Waals surface area contributed by atoms with Gasteiger partial charge in [-0.3, -0.25) is 4.98 Å². The minimum atomic E-state index is -0.0438. The first-order chi connectivity index (χ1) is 14.6. The molecule has 0 aliphatic heterocycles. The quantitative estimate of drug-likeness (QED) is 0.499. The largest absolute Gasteiger partial charge is 0.491 e. The predicted molar refractivity (Wildman–Crippen MR) is 117 cm³/mol. The Hall–Kier alpha value is -3.07. The summed E-state index contributed by atoms with van der Waals surface area (Å²) < 4.78 is 11.6. The van der Waals surface area contributed by atoms with Crippen molar-refractivity contribution in [3.8, 4) is 17.7 Å². The Labute approximate surface area is 184 Å². The monoisotopic (exact) mass is 437 g/mol. The highest BCUT2D eigenvalue weighted by Crippen LogP contribution is 2.33. The maximum Gasteiger partial charge on any atom is 0.257 e. The number of fused-ring (bicyclic) bond motifs is 1. The zero-order valence-corrected chi connectivity index (χ0v) is 17.6. The molecule has 4 rings (SSSR count). The molecule has 1 aliphatic rings. The Morgan fingerprint density at radius 3 is 2.37 bits per heavy atom. The Morgan fingerprint density at radius 1 is 1.10 bits per heavy atom. The number of pyridine rings is 2. The summed E-state index contributed by atoms with van der Waals surface area (Å²) in [6, 6.07) is 13.9. The van der Waals surface area contributed by atoms with Crippen LogP contribution < -0.4 is 9.47 Å². The lowest BCUT2D eigenvalue weighted by molar-refractivity contribution is 0.195. The summed E-state index contributed by atoms with van der Waals surface area (Å²) in [5.74, 6) is 0.854. The van der Waals surface area contributed by atoms with Crippen LogP contribution in [-0.2, 0) is 12.8 Å². The van der Waals surface area contributed by atoms with Crippen molar-refractivity contribution in [2.75, 3.05) is 7.11 Å². The molecule has 2 heterocycles. The fourth-order valence-electron chi connectivity index (χ4n) is 3.44. The highest BCUT2D eigenvalue weighted by Gasteiger charge is 2.24. The molecule has 0 spiro atoms. The van der Waals surface area contributed by atoms with Gasteiger partial charge in [-0.25, -0.2) is 4.98 Å². The maximum atomic E-state index is 9.71. The normalized spacial score (nSPS) is 13.6. The first kappa shape index (κ1) is 20.2. The SMILES string of the molecule is COc1ccc(C(C#N)=Cc2c(Cl)cncc2Cl)nc1OC1Cc2ccccc2C1. The Morgan fingerprint density at radius 2 is 1.77 bits per heavy atom. The zero-order chi connectivity index (χ0) is 21.1. The fraction of sp³-hybridized carbons (Fsp3) is 0.174. The van der Waals surface area contributed by atoms with E-state index in [-0.39, 0.29) is 6.10 Å². The third kappa shape index (κ3) is 4.11. The van der Waals surface area contributed by atoms with Crippen molar-refractivity contribution in [1.29, 1.82) is 5.26 Å². The van der Waals surface area contributed by atoms with E-state index in [0.717, 1.165) is 12.8 Å². The van der Waals surface area contributed by atoms with Crippen molar-refractivity contribution in [3.05, 3.63) is 81.2 Å².